The smallest absolute Gasteiger partial charge is 0.147 e. The summed E-state index contributed by atoms with van der Waals surface area (Å²) in [5, 5.41) is 3.20. The zero-order valence-corrected chi connectivity index (χ0v) is 10.4. The summed E-state index contributed by atoms with van der Waals surface area (Å²) in [6, 6.07) is 0. The molecule has 0 aliphatic heterocycles. The number of anilines is 1. The van der Waals surface area contributed by atoms with Crippen molar-refractivity contribution in [3.8, 4) is 0 Å². The molecule has 0 bridgehead atoms. The number of ether oxygens (including phenoxy) is 1. The van der Waals surface area contributed by atoms with Gasteiger partial charge in [-0.25, -0.2) is 4.98 Å². The van der Waals surface area contributed by atoms with E-state index in [1.54, 1.807) is 12.4 Å². The number of rotatable bonds is 7. The van der Waals surface area contributed by atoms with Crippen molar-refractivity contribution < 1.29 is 4.74 Å². The molecule has 0 atom stereocenters. The lowest BCUT2D eigenvalue weighted by molar-refractivity contribution is 0.132. The second kappa shape index (κ2) is 7.17. The Balaban J connectivity index is 2.10. The van der Waals surface area contributed by atoms with Crippen LogP contribution < -0.4 is 5.32 Å². The topological polar surface area (TPSA) is 47.0 Å². The van der Waals surface area contributed by atoms with Crippen molar-refractivity contribution >= 4 is 5.82 Å². The van der Waals surface area contributed by atoms with Crippen molar-refractivity contribution in [2.24, 2.45) is 5.92 Å². The summed E-state index contributed by atoms with van der Waals surface area (Å²) in [6.07, 6.45) is 4.50. The highest BCUT2D eigenvalue weighted by molar-refractivity contribution is 5.37. The van der Waals surface area contributed by atoms with Crippen molar-refractivity contribution in [2.75, 3.05) is 25.1 Å². The Hall–Kier alpha value is -1.16. The summed E-state index contributed by atoms with van der Waals surface area (Å²) in [6.45, 7) is 8.66. The van der Waals surface area contributed by atoms with Crippen LogP contribution in [0.3, 0.4) is 0 Å². The molecule has 0 radical (unpaired) electrons. The zero-order valence-electron chi connectivity index (χ0n) is 10.4. The summed E-state index contributed by atoms with van der Waals surface area (Å²) in [7, 11) is 0. The fraction of sp³-hybridized carbons (Fsp3) is 0.667. The highest BCUT2D eigenvalue weighted by Gasteiger charge is 1.98. The van der Waals surface area contributed by atoms with Crippen LogP contribution in [0.4, 0.5) is 5.82 Å². The molecule has 0 spiro atoms. The molecule has 1 rings (SSSR count). The fourth-order valence-corrected chi connectivity index (χ4v) is 1.24. The lowest BCUT2D eigenvalue weighted by Crippen LogP contribution is -2.12. The third-order valence-corrected chi connectivity index (χ3v) is 2.26. The Morgan fingerprint density at radius 1 is 1.25 bits per heavy atom. The van der Waals surface area contributed by atoms with Gasteiger partial charge < -0.3 is 10.1 Å². The van der Waals surface area contributed by atoms with E-state index in [9.17, 15) is 0 Å². The molecule has 0 saturated heterocycles. The quantitative estimate of drug-likeness (QED) is 0.720. The van der Waals surface area contributed by atoms with Gasteiger partial charge >= 0.3 is 0 Å². The van der Waals surface area contributed by atoms with Crippen LogP contribution in [0.2, 0.25) is 0 Å². The van der Waals surface area contributed by atoms with E-state index < -0.39 is 0 Å². The molecule has 1 aromatic heterocycles. The second-order valence-corrected chi connectivity index (χ2v) is 4.21. The van der Waals surface area contributed by atoms with E-state index in [2.05, 4.69) is 29.1 Å². The first kappa shape index (κ1) is 12.9. The van der Waals surface area contributed by atoms with Gasteiger partial charge in [0.05, 0.1) is 12.3 Å². The third-order valence-electron chi connectivity index (χ3n) is 2.26. The monoisotopic (exact) mass is 223 g/mol. The molecule has 1 heterocycles. The first-order chi connectivity index (χ1) is 7.70. The highest BCUT2D eigenvalue weighted by atomic mass is 16.5. The molecule has 0 aliphatic rings. The largest absolute Gasteiger partial charge is 0.380 e. The molecule has 4 heteroatoms. The number of nitrogens with zero attached hydrogens (tertiary/aromatic N) is 2. The van der Waals surface area contributed by atoms with Gasteiger partial charge in [-0.1, -0.05) is 13.8 Å². The van der Waals surface area contributed by atoms with Crippen molar-refractivity contribution in [3.05, 3.63) is 18.1 Å². The van der Waals surface area contributed by atoms with Crippen LogP contribution in [-0.2, 0) is 4.74 Å². The first-order valence-corrected chi connectivity index (χ1v) is 5.79. The van der Waals surface area contributed by atoms with E-state index in [1.165, 1.54) is 0 Å². The molecule has 16 heavy (non-hydrogen) atoms. The summed E-state index contributed by atoms with van der Waals surface area (Å²) in [5.41, 5.74) is 0.921. The van der Waals surface area contributed by atoms with E-state index >= 15 is 0 Å². The molecule has 4 nitrogen and oxygen atoms in total. The highest BCUT2D eigenvalue weighted by Crippen LogP contribution is 2.05. The van der Waals surface area contributed by atoms with Gasteiger partial charge in [0.15, 0.2) is 0 Å². The maximum Gasteiger partial charge on any atom is 0.147 e. The third kappa shape index (κ3) is 5.07. The van der Waals surface area contributed by atoms with Crippen LogP contribution in [-0.4, -0.2) is 29.7 Å². The van der Waals surface area contributed by atoms with Gasteiger partial charge in [0.25, 0.3) is 0 Å². The molecular weight excluding hydrogens is 202 g/mol. The molecule has 1 N–H and O–H groups in total. The standard InChI is InChI=1S/C12H21N3O/c1-10(2)4-8-16-9-7-15-12-11(3)13-5-6-14-12/h5-6,10H,4,7-9H2,1-3H3,(H,14,15). The molecule has 0 saturated carbocycles. The summed E-state index contributed by atoms with van der Waals surface area (Å²) < 4.78 is 5.50. The van der Waals surface area contributed by atoms with E-state index in [0.717, 1.165) is 31.1 Å². The molecule has 0 amide bonds. The predicted molar refractivity (Wildman–Crippen MR) is 65.5 cm³/mol. The molecule has 1 aromatic rings. The fourth-order valence-electron chi connectivity index (χ4n) is 1.24. The normalized spacial score (nSPS) is 10.8. The van der Waals surface area contributed by atoms with Crippen molar-refractivity contribution in [1.29, 1.82) is 0 Å². The van der Waals surface area contributed by atoms with Crippen LogP contribution in [0.25, 0.3) is 0 Å². The SMILES string of the molecule is Cc1nccnc1NCCOCCC(C)C. The minimum Gasteiger partial charge on any atom is -0.380 e. The second-order valence-electron chi connectivity index (χ2n) is 4.21. The maximum absolute atomic E-state index is 5.50. The maximum atomic E-state index is 5.50. The number of hydrogen-bond donors (Lipinski definition) is 1. The number of aromatic nitrogens is 2. The molecule has 0 unspecified atom stereocenters. The Labute approximate surface area is 97.5 Å². The summed E-state index contributed by atoms with van der Waals surface area (Å²) in [5.74, 6) is 1.55. The number of nitrogens with one attached hydrogen (secondary N) is 1. The lowest BCUT2D eigenvalue weighted by Gasteiger charge is -2.08. The van der Waals surface area contributed by atoms with Crippen molar-refractivity contribution in [2.45, 2.75) is 27.2 Å². The Kier molecular flexibility index (Phi) is 5.78. The average molecular weight is 223 g/mol. The van der Waals surface area contributed by atoms with E-state index in [4.69, 9.17) is 4.74 Å². The van der Waals surface area contributed by atoms with E-state index in [-0.39, 0.29) is 0 Å². The van der Waals surface area contributed by atoms with Crippen LogP contribution in [0.15, 0.2) is 12.4 Å². The Bertz CT molecular complexity index is 302. The number of aryl methyl sites for hydroxylation is 1. The number of hydrogen-bond acceptors (Lipinski definition) is 4. The Morgan fingerprint density at radius 3 is 2.69 bits per heavy atom. The van der Waals surface area contributed by atoms with Crippen molar-refractivity contribution in [1.82, 2.24) is 9.97 Å². The predicted octanol–water partition coefficient (Wildman–Crippen LogP) is 2.26. The van der Waals surface area contributed by atoms with Gasteiger partial charge in [0.1, 0.15) is 5.82 Å². The van der Waals surface area contributed by atoms with Crippen LogP contribution in [0.5, 0.6) is 0 Å². The van der Waals surface area contributed by atoms with Gasteiger partial charge in [-0.15, -0.1) is 0 Å². The van der Waals surface area contributed by atoms with Crippen LogP contribution in [0, 0.1) is 12.8 Å². The molecule has 0 aliphatic carbocycles. The van der Waals surface area contributed by atoms with Gasteiger partial charge in [-0.05, 0) is 19.3 Å². The van der Waals surface area contributed by atoms with Crippen molar-refractivity contribution in [3.63, 3.8) is 0 Å². The van der Waals surface area contributed by atoms with Crippen LogP contribution in [0.1, 0.15) is 26.0 Å². The van der Waals surface area contributed by atoms with Crippen LogP contribution >= 0.6 is 0 Å². The first-order valence-electron chi connectivity index (χ1n) is 5.79. The molecular formula is C12H21N3O. The average Bonchev–Trinajstić information content (AvgIpc) is 2.25. The minimum absolute atomic E-state index is 0.704. The summed E-state index contributed by atoms with van der Waals surface area (Å²) in [4.78, 5) is 8.35. The van der Waals surface area contributed by atoms with E-state index in [1.807, 2.05) is 6.92 Å². The molecule has 0 aromatic carbocycles. The van der Waals surface area contributed by atoms with Gasteiger partial charge in [0.2, 0.25) is 0 Å². The zero-order chi connectivity index (χ0) is 11.8. The van der Waals surface area contributed by atoms with Gasteiger partial charge in [-0.2, -0.15) is 0 Å². The van der Waals surface area contributed by atoms with Gasteiger partial charge in [-0.3, -0.25) is 4.98 Å². The van der Waals surface area contributed by atoms with E-state index in [0.29, 0.717) is 12.5 Å². The molecule has 0 fully saturated rings. The molecule has 90 valence electrons. The lowest BCUT2D eigenvalue weighted by atomic mass is 10.1. The van der Waals surface area contributed by atoms with Gasteiger partial charge in [0, 0.05) is 25.5 Å². The Morgan fingerprint density at radius 2 is 2.00 bits per heavy atom. The summed E-state index contributed by atoms with van der Waals surface area (Å²) >= 11 is 0. The minimum atomic E-state index is 0.704.